The van der Waals surface area contributed by atoms with E-state index in [9.17, 15) is 0 Å². The quantitative estimate of drug-likeness (QED) is 0.115. The molecule has 0 N–H and O–H groups in total. The Labute approximate surface area is 630 Å². The zero-order chi connectivity index (χ0) is 71.7. The zero-order valence-electron chi connectivity index (χ0n) is 60.8. The van der Waals surface area contributed by atoms with Gasteiger partial charge < -0.3 is 0 Å². The molecule has 4 aliphatic carbocycles. The van der Waals surface area contributed by atoms with Gasteiger partial charge in [0.1, 0.15) is 0 Å². The Morgan fingerprint density at radius 1 is 0.185 bits per heavy atom. The highest BCUT2D eigenvalue weighted by atomic mass is 14.4. The topological polar surface area (TPSA) is 0 Å². The summed E-state index contributed by atoms with van der Waals surface area (Å²) in [7, 11) is 0. The van der Waals surface area contributed by atoms with Crippen LogP contribution in [0.1, 0.15) is 95.2 Å². The van der Waals surface area contributed by atoms with Gasteiger partial charge in [-0.05, 0) is 256 Å². The first-order valence-electron chi connectivity index (χ1n) is 38.4. The Morgan fingerprint density at radius 2 is 0.481 bits per heavy atom. The average Bonchev–Trinajstić information content (AvgIpc) is 1.56. The Morgan fingerprint density at radius 3 is 0.917 bits per heavy atom. The van der Waals surface area contributed by atoms with Gasteiger partial charge in [0, 0.05) is 22.7 Å². The molecule has 506 valence electrons. The van der Waals surface area contributed by atoms with Crippen molar-refractivity contribution < 1.29 is 0 Å². The van der Waals surface area contributed by atoms with E-state index in [-0.39, 0.29) is 22.7 Å². The largest absolute Gasteiger partial charge is 0.0622 e. The molecule has 0 bridgehead atoms. The van der Waals surface area contributed by atoms with Gasteiger partial charge in [0.2, 0.25) is 0 Å². The van der Waals surface area contributed by atoms with Gasteiger partial charge in [-0.25, -0.2) is 0 Å². The van der Waals surface area contributed by atoms with E-state index in [1.807, 2.05) is 0 Å². The molecule has 0 heteroatoms. The Hall–Kier alpha value is -13.0. The molecule has 0 radical (unpaired) electrons. The third kappa shape index (κ3) is 9.11. The molecule has 2 atom stereocenters. The van der Waals surface area contributed by atoms with E-state index < -0.39 is 0 Å². The molecule has 0 nitrogen and oxygen atoms in total. The molecule has 19 aromatic rings. The van der Waals surface area contributed by atoms with E-state index in [2.05, 4.69) is 392 Å². The van der Waals surface area contributed by atoms with E-state index in [0.717, 1.165) is 0 Å². The van der Waals surface area contributed by atoms with Gasteiger partial charge in [-0.15, -0.1) is 0 Å². The second-order valence-corrected chi connectivity index (χ2v) is 31.5. The minimum atomic E-state index is -0.132. The lowest BCUT2D eigenvalue weighted by atomic mass is 9.79. The highest BCUT2D eigenvalue weighted by molar-refractivity contribution is 6.25. The minimum Gasteiger partial charge on any atom is -0.0622 e. The van der Waals surface area contributed by atoms with Crippen molar-refractivity contribution >= 4 is 75.4 Å². The van der Waals surface area contributed by atoms with Gasteiger partial charge in [0.15, 0.2) is 0 Å². The monoisotopic (exact) mass is 1370 g/mol. The van der Waals surface area contributed by atoms with Crippen LogP contribution in [-0.2, 0) is 10.8 Å². The van der Waals surface area contributed by atoms with Crippen molar-refractivity contribution in [2.75, 3.05) is 0 Å². The normalized spacial score (nSPS) is 15.0. The fraction of sp³-hybridized carbons (Fsp3) is 0.0741. The van der Waals surface area contributed by atoms with Crippen LogP contribution in [0.4, 0.5) is 0 Å². The van der Waals surface area contributed by atoms with Gasteiger partial charge in [0.05, 0.1) is 0 Å². The molecule has 0 heterocycles. The van der Waals surface area contributed by atoms with Crippen LogP contribution < -0.4 is 0 Å². The highest BCUT2D eigenvalue weighted by Gasteiger charge is 2.40. The van der Waals surface area contributed by atoms with Gasteiger partial charge in [0.25, 0.3) is 0 Å². The standard InChI is InChI=1S/C56H38.C52H36/c1-56(2)50-31-29-36(33-49(50)54-41-22-10-6-18-37(41)38-19-8-15-27-47(38)55(54)56)53-44-25-13-11-23-42(44)52(43-24-12-14-26-45(43)53)35-28-30-46-48(32-35)39-20-7-9-21-40(39)51(46)34-16-4-3-5-17-34;1-52(2)47-27-25-36(30-45(47)46-28-33-16-6-7-17-34(33)31-48(46)52)51-41-22-12-10-20-39(41)50(40-21-11-13-23-42(40)51)35-24-26-43-44(29-35)37-18-8-9-19-38(37)49(43)32-14-4-3-5-15-32/h3-33,51H,1-2H3;3-31,49H,1-2H3. The molecule has 0 spiro atoms. The average molecular weight is 1370 g/mol. The van der Waals surface area contributed by atoms with Crippen molar-refractivity contribution in [2.24, 2.45) is 0 Å². The second-order valence-electron chi connectivity index (χ2n) is 31.5. The van der Waals surface area contributed by atoms with Gasteiger partial charge in [-0.1, -0.05) is 355 Å². The first kappa shape index (κ1) is 62.4. The lowest BCUT2D eigenvalue weighted by molar-refractivity contribution is 0.661. The van der Waals surface area contributed by atoms with Crippen molar-refractivity contribution in [1.29, 1.82) is 0 Å². The van der Waals surface area contributed by atoms with Gasteiger partial charge >= 0.3 is 0 Å². The summed E-state index contributed by atoms with van der Waals surface area (Å²) in [4.78, 5) is 0. The molecule has 0 fully saturated rings. The molecule has 0 aliphatic heterocycles. The molecular weight excluding hydrogens is 1300 g/mol. The van der Waals surface area contributed by atoms with Crippen molar-refractivity contribution in [3.05, 3.63) is 420 Å². The van der Waals surface area contributed by atoms with Crippen LogP contribution >= 0.6 is 0 Å². The van der Waals surface area contributed by atoms with Crippen LogP contribution in [0.3, 0.4) is 0 Å². The van der Waals surface area contributed by atoms with Crippen LogP contribution in [0.25, 0.3) is 164 Å². The molecule has 0 saturated carbocycles. The maximum Gasteiger partial charge on any atom is 0.0352 e. The summed E-state index contributed by atoms with van der Waals surface area (Å²) in [5.74, 6) is 0.475. The summed E-state index contributed by atoms with van der Waals surface area (Å²) >= 11 is 0. The molecule has 0 aromatic heterocycles. The van der Waals surface area contributed by atoms with E-state index in [1.165, 1.54) is 220 Å². The number of hydrogen-bond donors (Lipinski definition) is 0. The van der Waals surface area contributed by atoms with Crippen LogP contribution in [0, 0.1) is 0 Å². The van der Waals surface area contributed by atoms with Crippen molar-refractivity contribution in [2.45, 2.75) is 50.4 Å². The molecule has 2 unspecified atom stereocenters. The molecule has 108 heavy (non-hydrogen) atoms. The fourth-order valence-corrected chi connectivity index (χ4v) is 20.5. The lowest BCUT2D eigenvalue weighted by Gasteiger charge is -2.24. The van der Waals surface area contributed by atoms with Crippen LogP contribution in [0.2, 0.25) is 0 Å². The van der Waals surface area contributed by atoms with E-state index in [1.54, 1.807) is 0 Å². The summed E-state index contributed by atoms with van der Waals surface area (Å²) in [5.41, 5.74) is 34.8. The first-order valence-corrected chi connectivity index (χ1v) is 38.4. The highest BCUT2D eigenvalue weighted by Crippen LogP contribution is 2.59. The summed E-state index contributed by atoms with van der Waals surface area (Å²) < 4.78 is 0. The zero-order valence-corrected chi connectivity index (χ0v) is 60.8. The Balaban J connectivity index is 0.000000134. The Bertz CT molecular complexity index is 6930. The SMILES string of the molecule is CC1(C)c2ccc(-c3c4ccccc4c(-c4ccc5c(c4)-c4ccccc4C5c4ccccc4)c4ccccc34)cc2-c2c1c1ccccc1c1ccccc21.CC1(C)c2ccc(-c3c4ccccc4c(-c4ccc5c(c4)-c4ccccc4C5c4ccccc4)c4ccccc34)cc2-c2cc3ccccc3cc21. The predicted octanol–water partition coefficient (Wildman–Crippen LogP) is 29.0. The fourth-order valence-electron chi connectivity index (χ4n) is 20.5. The van der Waals surface area contributed by atoms with Crippen molar-refractivity contribution in [3.8, 4) is 89.0 Å². The van der Waals surface area contributed by atoms with Gasteiger partial charge in [-0.3, -0.25) is 0 Å². The molecule has 19 aromatic carbocycles. The summed E-state index contributed by atoms with van der Waals surface area (Å²) in [6, 6.07) is 137. The molecule has 23 rings (SSSR count). The first-order chi connectivity index (χ1) is 53.1. The lowest BCUT2D eigenvalue weighted by Crippen LogP contribution is -2.15. The molecule has 4 aliphatic rings. The van der Waals surface area contributed by atoms with E-state index in [4.69, 9.17) is 0 Å². The minimum absolute atomic E-state index is 0.0626. The predicted molar refractivity (Wildman–Crippen MR) is 458 cm³/mol. The molecular formula is C108H74. The third-order valence-electron chi connectivity index (χ3n) is 25.2. The van der Waals surface area contributed by atoms with Crippen LogP contribution in [-0.4, -0.2) is 0 Å². The van der Waals surface area contributed by atoms with Crippen molar-refractivity contribution in [1.82, 2.24) is 0 Å². The van der Waals surface area contributed by atoms with Crippen LogP contribution in [0.15, 0.2) is 364 Å². The number of benzene rings is 19. The maximum atomic E-state index is 2.51. The van der Waals surface area contributed by atoms with E-state index >= 15 is 0 Å². The maximum absolute atomic E-state index is 2.51. The third-order valence-corrected chi connectivity index (χ3v) is 25.2. The second kappa shape index (κ2) is 23.8. The number of fused-ring (bicyclic) bond motifs is 22. The summed E-state index contributed by atoms with van der Waals surface area (Å²) in [6.45, 7) is 9.58. The van der Waals surface area contributed by atoms with Crippen molar-refractivity contribution in [3.63, 3.8) is 0 Å². The smallest absolute Gasteiger partial charge is 0.0352 e. The number of hydrogen-bond acceptors (Lipinski definition) is 0. The summed E-state index contributed by atoms with van der Waals surface area (Å²) in [6.07, 6.45) is 0. The van der Waals surface area contributed by atoms with E-state index in [0.29, 0.717) is 0 Å². The molecule has 0 saturated heterocycles. The molecule has 0 amide bonds. The van der Waals surface area contributed by atoms with Gasteiger partial charge in [-0.2, -0.15) is 0 Å². The number of rotatable bonds is 6. The van der Waals surface area contributed by atoms with Crippen LogP contribution in [0.5, 0.6) is 0 Å². The summed E-state index contributed by atoms with van der Waals surface area (Å²) in [5, 5.41) is 18.2. The Kier molecular flexibility index (Phi) is 13.7.